The fourth-order valence-corrected chi connectivity index (χ4v) is 1.32. The minimum atomic E-state index is -0.182. The van der Waals surface area contributed by atoms with Crippen LogP contribution in [0.1, 0.15) is 18.1 Å². The van der Waals surface area contributed by atoms with Gasteiger partial charge in [0.05, 0.1) is 0 Å². The number of hydrogen-bond donors (Lipinski definition) is 0. The molecule has 1 amide bonds. The summed E-state index contributed by atoms with van der Waals surface area (Å²) in [6, 6.07) is 5.05. The fraction of sp³-hybridized carbons (Fsp3) is 0.417. The van der Waals surface area contributed by atoms with E-state index in [2.05, 4.69) is 0 Å². The summed E-state index contributed by atoms with van der Waals surface area (Å²) in [6.45, 7) is 3.95. The molecular formula is C12H16FNO. The number of aryl methyl sites for hydroxylation is 1. The van der Waals surface area contributed by atoms with Crippen molar-refractivity contribution in [2.45, 2.75) is 20.3 Å². The van der Waals surface area contributed by atoms with Gasteiger partial charge in [-0.3, -0.25) is 4.79 Å². The van der Waals surface area contributed by atoms with Crippen molar-refractivity contribution >= 4 is 5.91 Å². The molecule has 1 rings (SSSR count). The average molecular weight is 209 g/mol. The van der Waals surface area contributed by atoms with E-state index in [9.17, 15) is 9.18 Å². The van der Waals surface area contributed by atoms with Crippen LogP contribution in [0, 0.1) is 12.7 Å². The molecule has 0 heterocycles. The van der Waals surface area contributed by atoms with Crippen LogP contribution in [0.25, 0.3) is 0 Å². The molecule has 0 aliphatic carbocycles. The number of benzene rings is 1. The Kier molecular flexibility index (Phi) is 3.83. The van der Waals surface area contributed by atoms with Crippen LogP contribution in [0.4, 0.5) is 4.39 Å². The van der Waals surface area contributed by atoms with Gasteiger partial charge in [0.15, 0.2) is 0 Å². The minimum absolute atomic E-state index is 0.0498. The van der Waals surface area contributed by atoms with Crippen LogP contribution in [0.5, 0.6) is 0 Å². The van der Waals surface area contributed by atoms with Crippen LogP contribution in [-0.4, -0.2) is 24.4 Å². The number of hydrogen-bond acceptors (Lipinski definition) is 1. The lowest BCUT2D eigenvalue weighted by atomic mass is 10.1. The highest BCUT2D eigenvalue weighted by Crippen LogP contribution is 2.09. The molecule has 0 saturated heterocycles. The predicted molar refractivity (Wildman–Crippen MR) is 58.2 cm³/mol. The normalized spacial score (nSPS) is 10.1. The number of carbonyl (C=O) groups is 1. The summed E-state index contributed by atoms with van der Waals surface area (Å²) < 4.78 is 13.0. The topological polar surface area (TPSA) is 20.3 Å². The first-order valence-corrected chi connectivity index (χ1v) is 4.97. The Morgan fingerprint density at radius 1 is 1.47 bits per heavy atom. The second-order valence-electron chi connectivity index (χ2n) is 3.77. The van der Waals surface area contributed by atoms with Crippen molar-refractivity contribution in [3.8, 4) is 0 Å². The van der Waals surface area contributed by atoms with Gasteiger partial charge in [-0.15, -0.1) is 0 Å². The predicted octanol–water partition coefficient (Wildman–Crippen LogP) is 2.15. The van der Waals surface area contributed by atoms with Crippen LogP contribution < -0.4 is 0 Å². The summed E-state index contributed by atoms with van der Waals surface area (Å²) in [5, 5.41) is 0. The second-order valence-corrected chi connectivity index (χ2v) is 3.77. The molecule has 0 saturated carbocycles. The summed E-state index contributed by atoms with van der Waals surface area (Å²) >= 11 is 0. The van der Waals surface area contributed by atoms with E-state index in [-0.39, 0.29) is 11.7 Å². The SMILES string of the molecule is CC(=O)N(C)CCc1ccc(F)c(C)c1. The number of likely N-dealkylation sites (N-methyl/N-ethyl adjacent to an activating group) is 1. The van der Waals surface area contributed by atoms with Gasteiger partial charge in [0.1, 0.15) is 5.82 Å². The summed E-state index contributed by atoms with van der Waals surface area (Å²) in [7, 11) is 1.76. The molecule has 0 aliphatic heterocycles. The van der Waals surface area contributed by atoms with E-state index in [1.807, 2.05) is 6.07 Å². The summed E-state index contributed by atoms with van der Waals surface area (Å²) in [5.41, 5.74) is 1.71. The van der Waals surface area contributed by atoms with E-state index < -0.39 is 0 Å². The Morgan fingerprint density at radius 3 is 2.67 bits per heavy atom. The third-order valence-electron chi connectivity index (χ3n) is 2.50. The molecule has 3 heteroatoms. The molecule has 0 unspecified atom stereocenters. The van der Waals surface area contributed by atoms with Crippen LogP contribution in [-0.2, 0) is 11.2 Å². The number of halogens is 1. The molecule has 0 aromatic heterocycles. The zero-order valence-corrected chi connectivity index (χ0v) is 9.38. The zero-order chi connectivity index (χ0) is 11.4. The maximum Gasteiger partial charge on any atom is 0.219 e. The molecule has 0 atom stereocenters. The molecule has 0 N–H and O–H groups in total. The van der Waals surface area contributed by atoms with Crippen molar-refractivity contribution in [1.82, 2.24) is 4.90 Å². The number of amides is 1. The monoisotopic (exact) mass is 209 g/mol. The Hall–Kier alpha value is -1.38. The van der Waals surface area contributed by atoms with Gasteiger partial charge >= 0.3 is 0 Å². The Morgan fingerprint density at radius 2 is 2.13 bits per heavy atom. The number of rotatable bonds is 3. The van der Waals surface area contributed by atoms with Gasteiger partial charge in [0.25, 0.3) is 0 Å². The molecule has 1 aromatic carbocycles. The lowest BCUT2D eigenvalue weighted by Crippen LogP contribution is -2.26. The number of nitrogens with zero attached hydrogens (tertiary/aromatic N) is 1. The van der Waals surface area contributed by atoms with Crippen LogP contribution in [0.3, 0.4) is 0 Å². The van der Waals surface area contributed by atoms with Crippen molar-refractivity contribution in [3.05, 3.63) is 35.1 Å². The largest absolute Gasteiger partial charge is 0.346 e. The first kappa shape index (κ1) is 11.7. The van der Waals surface area contributed by atoms with Crippen LogP contribution in [0.15, 0.2) is 18.2 Å². The van der Waals surface area contributed by atoms with E-state index in [0.717, 1.165) is 12.0 Å². The standard InChI is InChI=1S/C12H16FNO/c1-9-8-11(4-5-12(9)13)6-7-14(3)10(2)15/h4-5,8H,6-7H2,1-3H3. The van der Waals surface area contributed by atoms with E-state index >= 15 is 0 Å². The van der Waals surface area contributed by atoms with Gasteiger partial charge < -0.3 is 4.90 Å². The highest BCUT2D eigenvalue weighted by atomic mass is 19.1. The third kappa shape index (κ3) is 3.35. The van der Waals surface area contributed by atoms with E-state index in [0.29, 0.717) is 12.1 Å². The fourth-order valence-electron chi connectivity index (χ4n) is 1.32. The van der Waals surface area contributed by atoms with E-state index in [1.165, 1.54) is 13.0 Å². The van der Waals surface area contributed by atoms with Gasteiger partial charge in [-0.05, 0) is 30.5 Å². The second kappa shape index (κ2) is 4.91. The summed E-state index contributed by atoms with van der Waals surface area (Å²) in [6.07, 6.45) is 0.761. The van der Waals surface area contributed by atoms with Crippen LogP contribution in [0.2, 0.25) is 0 Å². The van der Waals surface area contributed by atoms with E-state index in [4.69, 9.17) is 0 Å². The van der Waals surface area contributed by atoms with Crippen molar-refractivity contribution in [1.29, 1.82) is 0 Å². The molecule has 0 aliphatic rings. The first-order chi connectivity index (χ1) is 7.00. The highest BCUT2D eigenvalue weighted by Gasteiger charge is 2.03. The van der Waals surface area contributed by atoms with Crippen molar-refractivity contribution in [2.24, 2.45) is 0 Å². The molecule has 0 spiro atoms. The first-order valence-electron chi connectivity index (χ1n) is 4.97. The summed E-state index contributed by atoms with van der Waals surface area (Å²) in [4.78, 5) is 12.6. The molecule has 0 fully saturated rings. The van der Waals surface area contributed by atoms with Crippen molar-refractivity contribution in [3.63, 3.8) is 0 Å². The van der Waals surface area contributed by atoms with Crippen LogP contribution >= 0.6 is 0 Å². The molecule has 0 radical (unpaired) electrons. The molecule has 82 valence electrons. The maximum atomic E-state index is 13.0. The lowest BCUT2D eigenvalue weighted by molar-refractivity contribution is -0.127. The van der Waals surface area contributed by atoms with E-state index in [1.54, 1.807) is 24.9 Å². The molecule has 2 nitrogen and oxygen atoms in total. The lowest BCUT2D eigenvalue weighted by Gasteiger charge is -2.14. The smallest absolute Gasteiger partial charge is 0.219 e. The average Bonchev–Trinajstić information content (AvgIpc) is 2.19. The molecule has 15 heavy (non-hydrogen) atoms. The Balaban J connectivity index is 2.58. The maximum absolute atomic E-state index is 13.0. The van der Waals surface area contributed by atoms with Gasteiger partial charge in [-0.25, -0.2) is 4.39 Å². The van der Waals surface area contributed by atoms with Crippen molar-refractivity contribution < 1.29 is 9.18 Å². The zero-order valence-electron chi connectivity index (χ0n) is 9.38. The molecule has 1 aromatic rings. The molecule has 0 bridgehead atoms. The van der Waals surface area contributed by atoms with Gasteiger partial charge in [0.2, 0.25) is 5.91 Å². The number of carbonyl (C=O) groups excluding carboxylic acids is 1. The quantitative estimate of drug-likeness (QED) is 0.747. The van der Waals surface area contributed by atoms with Gasteiger partial charge in [-0.1, -0.05) is 12.1 Å². The Labute approximate surface area is 89.7 Å². The molecular weight excluding hydrogens is 193 g/mol. The third-order valence-corrected chi connectivity index (χ3v) is 2.50. The Bertz CT molecular complexity index is 363. The minimum Gasteiger partial charge on any atom is -0.346 e. The van der Waals surface area contributed by atoms with Crippen molar-refractivity contribution in [2.75, 3.05) is 13.6 Å². The van der Waals surface area contributed by atoms with Gasteiger partial charge in [0, 0.05) is 20.5 Å². The highest BCUT2D eigenvalue weighted by molar-refractivity contribution is 5.72. The van der Waals surface area contributed by atoms with Gasteiger partial charge in [-0.2, -0.15) is 0 Å². The summed E-state index contributed by atoms with van der Waals surface area (Å²) in [5.74, 6) is -0.132.